The van der Waals surface area contributed by atoms with E-state index in [0.717, 1.165) is 5.56 Å². The number of likely N-dealkylation sites (N-methyl/N-ethyl adjacent to an activating group) is 1. The molecule has 1 fully saturated rings. The Balaban J connectivity index is 2.21. The van der Waals surface area contributed by atoms with Crippen LogP contribution in [0.5, 0.6) is 0 Å². The van der Waals surface area contributed by atoms with Crippen LogP contribution in [0.25, 0.3) is 0 Å². The van der Waals surface area contributed by atoms with E-state index in [4.69, 9.17) is 11.6 Å². The molecule has 0 N–H and O–H groups in total. The molecule has 1 aliphatic rings. The van der Waals surface area contributed by atoms with Crippen molar-refractivity contribution in [3.63, 3.8) is 0 Å². The van der Waals surface area contributed by atoms with Crippen LogP contribution in [0.15, 0.2) is 24.3 Å². The summed E-state index contributed by atoms with van der Waals surface area (Å²) >= 11 is 5.80. The summed E-state index contributed by atoms with van der Waals surface area (Å²) in [5.41, 5.74) is 0.878. The lowest BCUT2D eigenvalue weighted by atomic mass is 9.88. The van der Waals surface area contributed by atoms with Crippen molar-refractivity contribution in [2.75, 3.05) is 13.1 Å². The van der Waals surface area contributed by atoms with Crippen molar-refractivity contribution in [1.29, 1.82) is 0 Å². The molecule has 1 atom stereocenters. The van der Waals surface area contributed by atoms with Crippen LogP contribution >= 0.6 is 11.6 Å². The first-order valence-electron chi connectivity index (χ1n) is 5.72. The number of carbonyl (C=O) groups is 2. The predicted octanol–water partition coefficient (Wildman–Crippen LogP) is 2.24. The minimum atomic E-state index is -0.362. The van der Waals surface area contributed by atoms with Gasteiger partial charge in [0.2, 0.25) is 5.78 Å². The molecule has 3 nitrogen and oxygen atoms in total. The highest BCUT2D eigenvalue weighted by Gasteiger charge is 2.34. The lowest BCUT2D eigenvalue weighted by molar-refractivity contribution is -0.148. The molecule has 90 valence electrons. The Hall–Kier alpha value is -1.35. The molecule has 0 bridgehead atoms. The van der Waals surface area contributed by atoms with Gasteiger partial charge < -0.3 is 4.90 Å². The Bertz CT molecular complexity index is 441. The van der Waals surface area contributed by atoms with Crippen LogP contribution in [0.3, 0.4) is 0 Å². The highest BCUT2D eigenvalue weighted by molar-refractivity contribution is 6.38. The number of carbonyl (C=O) groups excluding carboxylic acids is 2. The van der Waals surface area contributed by atoms with E-state index in [0.29, 0.717) is 24.5 Å². The summed E-state index contributed by atoms with van der Waals surface area (Å²) in [6.45, 7) is 3.13. The summed E-state index contributed by atoms with van der Waals surface area (Å²) in [5.74, 6) is -0.971. The molecule has 1 amide bonds. The average Bonchev–Trinajstić information content (AvgIpc) is 2.34. The Morgan fingerprint density at radius 2 is 1.94 bits per heavy atom. The summed E-state index contributed by atoms with van der Waals surface area (Å²) in [7, 11) is 0. The van der Waals surface area contributed by atoms with Gasteiger partial charge in [0.25, 0.3) is 5.91 Å². The molecule has 0 aliphatic carbocycles. The number of piperidine rings is 1. The molecule has 1 aromatic rings. The topological polar surface area (TPSA) is 37.4 Å². The second-order valence-electron chi connectivity index (χ2n) is 4.14. The van der Waals surface area contributed by atoms with Gasteiger partial charge in [-0.3, -0.25) is 9.59 Å². The SMILES string of the molecule is CCN1CCC(c2ccc(Cl)cc2)C(=O)C1=O. The van der Waals surface area contributed by atoms with Gasteiger partial charge in [-0.15, -0.1) is 0 Å². The number of halogens is 1. The van der Waals surface area contributed by atoms with Gasteiger partial charge in [-0.25, -0.2) is 0 Å². The van der Waals surface area contributed by atoms with Crippen molar-refractivity contribution in [3.8, 4) is 0 Å². The van der Waals surface area contributed by atoms with Crippen molar-refractivity contribution in [2.45, 2.75) is 19.3 Å². The van der Waals surface area contributed by atoms with Crippen LogP contribution in [-0.4, -0.2) is 29.7 Å². The zero-order valence-electron chi connectivity index (χ0n) is 9.65. The van der Waals surface area contributed by atoms with E-state index in [9.17, 15) is 9.59 Å². The summed E-state index contributed by atoms with van der Waals surface area (Å²) in [4.78, 5) is 25.3. The monoisotopic (exact) mass is 251 g/mol. The third-order valence-electron chi connectivity index (χ3n) is 3.16. The summed E-state index contributed by atoms with van der Waals surface area (Å²) in [6.07, 6.45) is 0.694. The van der Waals surface area contributed by atoms with Gasteiger partial charge >= 0.3 is 0 Å². The van der Waals surface area contributed by atoms with Crippen molar-refractivity contribution >= 4 is 23.3 Å². The molecule has 1 aromatic carbocycles. The third-order valence-corrected chi connectivity index (χ3v) is 3.41. The van der Waals surface area contributed by atoms with E-state index in [2.05, 4.69) is 0 Å². The zero-order chi connectivity index (χ0) is 12.4. The van der Waals surface area contributed by atoms with E-state index < -0.39 is 0 Å². The number of rotatable bonds is 2. The minimum Gasteiger partial charge on any atom is -0.336 e. The fourth-order valence-corrected chi connectivity index (χ4v) is 2.26. The molecule has 1 heterocycles. The fourth-order valence-electron chi connectivity index (χ4n) is 2.14. The number of likely N-dealkylation sites (tertiary alicyclic amines) is 1. The average molecular weight is 252 g/mol. The number of ketones is 1. The lowest BCUT2D eigenvalue weighted by Gasteiger charge is -2.29. The molecule has 1 saturated heterocycles. The molecule has 4 heteroatoms. The second-order valence-corrected chi connectivity index (χ2v) is 4.58. The minimum absolute atomic E-state index is 0.303. The first-order chi connectivity index (χ1) is 8.13. The van der Waals surface area contributed by atoms with Crippen LogP contribution in [0.4, 0.5) is 0 Å². The smallest absolute Gasteiger partial charge is 0.290 e. The molecular weight excluding hydrogens is 238 g/mol. The summed E-state index contributed by atoms with van der Waals surface area (Å²) < 4.78 is 0. The predicted molar refractivity (Wildman–Crippen MR) is 66.1 cm³/mol. The van der Waals surface area contributed by atoms with Crippen LogP contribution < -0.4 is 0 Å². The highest BCUT2D eigenvalue weighted by atomic mass is 35.5. The number of Topliss-reactive ketones (excluding diaryl/α,β-unsaturated/α-hetero) is 1. The number of benzene rings is 1. The van der Waals surface area contributed by atoms with Gasteiger partial charge in [0.05, 0.1) is 5.92 Å². The van der Waals surface area contributed by atoms with E-state index in [1.165, 1.54) is 0 Å². The van der Waals surface area contributed by atoms with Crippen molar-refractivity contribution < 1.29 is 9.59 Å². The number of hydrogen-bond donors (Lipinski definition) is 0. The molecule has 1 unspecified atom stereocenters. The maximum absolute atomic E-state index is 12.0. The van der Waals surface area contributed by atoms with E-state index in [1.54, 1.807) is 17.0 Å². The largest absolute Gasteiger partial charge is 0.336 e. The van der Waals surface area contributed by atoms with E-state index >= 15 is 0 Å². The molecule has 0 saturated carbocycles. The molecular formula is C13H14ClNO2. The number of hydrogen-bond acceptors (Lipinski definition) is 2. The van der Waals surface area contributed by atoms with Crippen molar-refractivity contribution in [2.24, 2.45) is 0 Å². The quantitative estimate of drug-likeness (QED) is 0.756. The van der Waals surface area contributed by atoms with Gasteiger partial charge in [-0.2, -0.15) is 0 Å². The van der Waals surface area contributed by atoms with Crippen molar-refractivity contribution in [1.82, 2.24) is 4.90 Å². The molecule has 2 rings (SSSR count). The van der Waals surface area contributed by atoms with Crippen molar-refractivity contribution in [3.05, 3.63) is 34.9 Å². The molecule has 0 aromatic heterocycles. The second kappa shape index (κ2) is 4.88. The van der Waals surface area contributed by atoms with Crippen LogP contribution in [0, 0.1) is 0 Å². The normalized spacial score (nSPS) is 20.8. The first-order valence-corrected chi connectivity index (χ1v) is 6.10. The third kappa shape index (κ3) is 2.34. The molecule has 1 aliphatic heterocycles. The number of amides is 1. The van der Waals surface area contributed by atoms with Crippen LogP contribution in [-0.2, 0) is 9.59 Å². The van der Waals surface area contributed by atoms with Crippen LogP contribution in [0.1, 0.15) is 24.8 Å². The Morgan fingerprint density at radius 1 is 1.29 bits per heavy atom. The van der Waals surface area contributed by atoms with Gasteiger partial charge in [0, 0.05) is 18.1 Å². The summed E-state index contributed by atoms with van der Waals surface area (Å²) in [6, 6.07) is 7.14. The van der Waals surface area contributed by atoms with E-state index in [1.807, 2.05) is 19.1 Å². The highest BCUT2D eigenvalue weighted by Crippen LogP contribution is 2.26. The van der Waals surface area contributed by atoms with Crippen LogP contribution in [0.2, 0.25) is 5.02 Å². The zero-order valence-corrected chi connectivity index (χ0v) is 10.4. The Morgan fingerprint density at radius 3 is 2.53 bits per heavy atom. The van der Waals surface area contributed by atoms with E-state index in [-0.39, 0.29) is 17.6 Å². The maximum atomic E-state index is 12.0. The molecule has 0 radical (unpaired) electrons. The standard InChI is InChI=1S/C13H14ClNO2/c1-2-15-8-7-11(12(16)13(15)17)9-3-5-10(14)6-4-9/h3-6,11H,2,7-8H2,1H3. The van der Waals surface area contributed by atoms with Gasteiger partial charge in [-0.1, -0.05) is 23.7 Å². The molecule has 0 spiro atoms. The van der Waals surface area contributed by atoms with Gasteiger partial charge in [0.15, 0.2) is 0 Å². The number of nitrogens with zero attached hydrogens (tertiary/aromatic N) is 1. The lowest BCUT2D eigenvalue weighted by Crippen LogP contribution is -2.44. The molecule has 17 heavy (non-hydrogen) atoms. The maximum Gasteiger partial charge on any atom is 0.290 e. The van der Waals surface area contributed by atoms with Gasteiger partial charge in [0.1, 0.15) is 0 Å². The first kappa shape index (κ1) is 12.1. The summed E-state index contributed by atoms with van der Waals surface area (Å²) in [5, 5.41) is 0.638. The Labute approximate surface area is 105 Å². The Kier molecular flexibility index (Phi) is 3.48. The fraction of sp³-hybridized carbons (Fsp3) is 0.385. The van der Waals surface area contributed by atoms with Gasteiger partial charge in [-0.05, 0) is 31.0 Å².